The average molecular weight is 255 g/mol. The van der Waals surface area contributed by atoms with Crippen molar-refractivity contribution < 1.29 is 5.11 Å². The van der Waals surface area contributed by atoms with Crippen LogP contribution in [0.15, 0.2) is 24.3 Å². The van der Waals surface area contributed by atoms with Gasteiger partial charge in [0.25, 0.3) is 0 Å². The summed E-state index contributed by atoms with van der Waals surface area (Å²) in [6.45, 7) is 1.85. The summed E-state index contributed by atoms with van der Waals surface area (Å²) >= 11 is 7.12. The van der Waals surface area contributed by atoms with Crippen LogP contribution in [-0.4, -0.2) is 14.7 Å². The molecule has 84 valence electrons. The highest BCUT2D eigenvalue weighted by atomic mass is 35.5. The zero-order valence-electron chi connectivity index (χ0n) is 8.72. The summed E-state index contributed by atoms with van der Waals surface area (Å²) in [6.07, 6.45) is -0.0240. The zero-order chi connectivity index (χ0) is 11.5. The summed E-state index contributed by atoms with van der Waals surface area (Å²) < 4.78 is 3.81. The molecule has 2 aromatic rings. The first kappa shape index (κ1) is 11.5. The maximum absolute atomic E-state index is 10.0. The average Bonchev–Trinajstić information content (AvgIpc) is 2.64. The van der Waals surface area contributed by atoms with Crippen LogP contribution in [0.4, 0.5) is 0 Å². The summed E-state index contributed by atoms with van der Waals surface area (Å²) in [5.41, 5.74) is 1.80. The lowest BCUT2D eigenvalue weighted by molar-refractivity contribution is 0.181. The Bertz CT molecular complexity index is 486. The fourth-order valence-corrected chi connectivity index (χ4v) is 2.36. The Hall–Kier alpha value is -0.970. The van der Waals surface area contributed by atoms with E-state index in [0.29, 0.717) is 11.4 Å². The molecule has 0 bridgehead atoms. The largest absolute Gasteiger partial charge is 0.387 e. The molecule has 0 spiro atoms. The van der Waals surface area contributed by atoms with Crippen molar-refractivity contribution in [3.8, 4) is 0 Å². The first-order valence-electron chi connectivity index (χ1n) is 4.88. The molecule has 1 aromatic heterocycles. The van der Waals surface area contributed by atoms with Crippen molar-refractivity contribution in [3.63, 3.8) is 0 Å². The van der Waals surface area contributed by atoms with Crippen molar-refractivity contribution >= 4 is 23.1 Å². The van der Waals surface area contributed by atoms with Crippen LogP contribution < -0.4 is 0 Å². The molecule has 3 nitrogen and oxygen atoms in total. The van der Waals surface area contributed by atoms with E-state index >= 15 is 0 Å². The van der Waals surface area contributed by atoms with Crippen LogP contribution in [0.1, 0.15) is 22.2 Å². The third-order valence-corrected chi connectivity index (χ3v) is 3.47. The number of hydrogen-bond donors (Lipinski definition) is 1. The quantitative estimate of drug-likeness (QED) is 0.916. The van der Waals surface area contributed by atoms with E-state index in [-0.39, 0.29) is 0 Å². The van der Waals surface area contributed by atoms with Crippen molar-refractivity contribution in [2.75, 3.05) is 0 Å². The molecule has 0 radical (unpaired) electrons. The predicted octanol–water partition coefficient (Wildman–Crippen LogP) is 2.78. The number of aryl methyl sites for hydroxylation is 1. The van der Waals surface area contributed by atoms with Crippen LogP contribution in [-0.2, 0) is 6.42 Å². The Labute approximate surface area is 103 Å². The van der Waals surface area contributed by atoms with Gasteiger partial charge in [-0.3, -0.25) is 0 Å². The van der Waals surface area contributed by atoms with Crippen molar-refractivity contribution in [2.45, 2.75) is 19.4 Å². The fourth-order valence-electron chi connectivity index (χ4n) is 1.52. The van der Waals surface area contributed by atoms with Gasteiger partial charge >= 0.3 is 0 Å². The van der Waals surface area contributed by atoms with Crippen molar-refractivity contribution in [2.24, 2.45) is 0 Å². The summed E-state index contributed by atoms with van der Waals surface area (Å²) in [5, 5.41) is 14.6. The van der Waals surface area contributed by atoms with E-state index in [1.165, 1.54) is 11.5 Å². The minimum Gasteiger partial charge on any atom is -0.387 e. The summed E-state index contributed by atoms with van der Waals surface area (Å²) in [5.74, 6) is 0. The summed E-state index contributed by atoms with van der Waals surface area (Å²) in [6, 6.07) is 7.49. The number of aromatic nitrogens is 2. The van der Waals surface area contributed by atoms with Crippen LogP contribution in [0.5, 0.6) is 0 Å². The monoisotopic (exact) mass is 254 g/mol. The fraction of sp³-hybridized carbons (Fsp3) is 0.273. The molecule has 0 aliphatic rings. The molecule has 1 atom stereocenters. The molecule has 0 amide bonds. The van der Waals surface area contributed by atoms with Crippen molar-refractivity contribution in [3.05, 3.63) is 45.4 Å². The van der Waals surface area contributed by atoms with Crippen LogP contribution in [0.2, 0.25) is 5.02 Å². The molecule has 16 heavy (non-hydrogen) atoms. The number of halogens is 1. The molecule has 1 aromatic carbocycles. The minimum atomic E-state index is -0.557. The highest BCUT2D eigenvalue weighted by Gasteiger charge is 2.14. The van der Waals surface area contributed by atoms with E-state index in [9.17, 15) is 5.11 Å². The topological polar surface area (TPSA) is 46.0 Å². The van der Waals surface area contributed by atoms with Gasteiger partial charge in [-0.1, -0.05) is 28.2 Å². The highest BCUT2D eigenvalue weighted by Crippen LogP contribution is 2.24. The van der Waals surface area contributed by atoms with E-state index in [1.54, 1.807) is 0 Å². The smallest absolute Gasteiger partial charge is 0.0957 e. The summed E-state index contributed by atoms with van der Waals surface area (Å²) in [7, 11) is 0. The number of benzene rings is 1. The van der Waals surface area contributed by atoms with Crippen molar-refractivity contribution in [1.29, 1.82) is 0 Å². The zero-order valence-corrected chi connectivity index (χ0v) is 10.3. The highest BCUT2D eigenvalue weighted by molar-refractivity contribution is 7.05. The second-order valence-electron chi connectivity index (χ2n) is 3.57. The van der Waals surface area contributed by atoms with Gasteiger partial charge in [-0.25, -0.2) is 0 Å². The van der Waals surface area contributed by atoms with Gasteiger partial charge in [0, 0.05) is 11.4 Å². The lowest BCUT2D eigenvalue weighted by atomic mass is 10.1. The van der Waals surface area contributed by atoms with Gasteiger partial charge in [0.1, 0.15) is 0 Å². The van der Waals surface area contributed by atoms with Gasteiger partial charge < -0.3 is 5.11 Å². The number of aliphatic hydroxyl groups excluding tert-OH is 1. The van der Waals surface area contributed by atoms with Crippen molar-refractivity contribution in [1.82, 2.24) is 9.59 Å². The third kappa shape index (κ3) is 2.58. The first-order chi connectivity index (χ1) is 7.66. The van der Waals surface area contributed by atoms with Crippen LogP contribution in [0.25, 0.3) is 0 Å². The molecule has 1 unspecified atom stereocenters. The summed E-state index contributed by atoms with van der Waals surface area (Å²) in [4.78, 5) is 0.819. The Morgan fingerprint density at radius 2 is 2.31 bits per heavy atom. The van der Waals surface area contributed by atoms with Gasteiger partial charge in [-0.15, -0.1) is 5.10 Å². The van der Waals surface area contributed by atoms with Gasteiger partial charge in [0.2, 0.25) is 0 Å². The van der Waals surface area contributed by atoms with E-state index in [1.807, 2.05) is 31.2 Å². The van der Waals surface area contributed by atoms with Gasteiger partial charge in [0.15, 0.2) is 0 Å². The molecule has 2 rings (SSSR count). The number of hydrogen-bond acceptors (Lipinski definition) is 4. The molecule has 5 heteroatoms. The maximum atomic E-state index is 10.0. The second-order valence-corrected chi connectivity index (χ2v) is 4.79. The Morgan fingerprint density at radius 1 is 1.50 bits per heavy atom. The van der Waals surface area contributed by atoms with E-state index in [4.69, 9.17) is 11.6 Å². The van der Waals surface area contributed by atoms with Gasteiger partial charge in [0.05, 0.1) is 16.7 Å². The van der Waals surface area contributed by atoms with Gasteiger partial charge in [-0.2, -0.15) is 0 Å². The standard InChI is InChI=1S/C11H11ClN2OS/c1-7-11(16-14-13-7)10(15)6-8-3-2-4-9(12)5-8/h2-5,10,15H,6H2,1H3. The molecular weight excluding hydrogens is 244 g/mol. The SMILES string of the molecule is Cc1nnsc1C(O)Cc1cccc(Cl)c1. The molecule has 0 saturated carbocycles. The van der Waals surface area contributed by atoms with Crippen LogP contribution in [0.3, 0.4) is 0 Å². The first-order valence-corrected chi connectivity index (χ1v) is 6.03. The number of rotatable bonds is 3. The van der Waals surface area contributed by atoms with Crippen LogP contribution in [0, 0.1) is 6.92 Å². The molecule has 1 N–H and O–H groups in total. The molecule has 0 aliphatic heterocycles. The normalized spacial score (nSPS) is 12.7. The second kappa shape index (κ2) is 4.91. The number of nitrogens with zero attached hydrogens (tertiary/aromatic N) is 2. The molecule has 1 heterocycles. The third-order valence-electron chi connectivity index (χ3n) is 2.31. The number of aliphatic hydroxyl groups is 1. The Morgan fingerprint density at radius 3 is 2.94 bits per heavy atom. The minimum absolute atomic E-state index is 0.533. The molecule has 0 fully saturated rings. The predicted molar refractivity (Wildman–Crippen MR) is 64.8 cm³/mol. The molecular formula is C11H11ClN2OS. The van der Waals surface area contributed by atoms with Crippen LogP contribution >= 0.6 is 23.1 Å². The lowest BCUT2D eigenvalue weighted by Gasteiger charge is -2.08. The lowest BCUT2D eigenvalue weighted by Crippen LogP contribution is -2.01. The Kier molecular flexibility index (Phi) is 3.53. The van der Waals surface area contributed by atoms with E-state index in [2.05, 4.69) is 9.59 Å². The maximum Gasteiger partial charge on any atom is 0.0957 e. The molecule has 0 saturated heterocycles. The van der Waals surface area contributed by atoms with Gasteiger partial charge in [-0.05, 0) is 36.2 Å². The van der Waals surface area contributed by atoms with E-state index < -0.39 is 6.10 Å². The van der Waals surface area contributed by atoms with E-state index in [0.717, 1.165) is 16.1 Å². The molecule has 0 aliphatic carbocycles. The Balaban J connectivity index is 2.14.